The Hall–Kier alpha value is -5.60. The predicted molar refractivity (Wildman–Crippen MR) is 202 cm³/mol. The SMILES string of the molecule is c1ccc(-n2c3ccccc3c3cc(N(c4ccc5[se]c6ccccc6c5c4)c4cc5ccccc5c5ccccc45)ccc32)cc1. The number of fused-ring (bicyclic) bond motifs is 9. The first-order valence-corrected chi connectivity index (χ1v) is 17.7. The predicted octanol–water partition coefficient (Wildman–Crippen LogP) is 11.9. The van der Waals surface area contributed by atoms with E-state index in [1.165, 1.54) is 79.7 Å². The summed E-state index contributed by atoms with van der Waals surface area (Å²) in [5.41, 5.74) is 7.08. The van der Waals surface area contributed by atoms with E-state index in [-0.39, 0.29) is 0 Å². The van der Waals surface area contributed by atoms with E-state index in [4.69, 9.17) is 0 Å². The van der Waals surface area contributed by atoms with Gasteiger partial charge in [-0.3, -0.25) is 0 Å². The second-order valence-electron chi connectivity index (χ2n) is 12.2. The van der Waals surface area contributed by atoms with Crippen LogP contribution in [-0.4, -0.2) is 19.1 Å². The van der Waals surface area contributed by atoms with Crippen molar-refractivity contribution in [2.45, 2.75) is 0 Å². The molecule has 10 aromatic rings. The molecular weight excluding hydrogens is 635 g/mol. The van der Waals surface area contributed by atoms with Crippen molar-refractivity contribution in [1.29, 1.82) is 0 Å². The van der Waals surface area contributed by atoms with Gasteiger partial charge in [-0.15, -0.1) is 0 Å². The molecule has 0 amide bonds. The summed E-state index contributed by atoms with van der Waals surface area (Å²) in [5.74, 6) is 0. The summed E-state index contributed by atoms with van der Waals surface area (Å²) >= 11 is 0.323. The van der Waals surface area contributed by atoms with Crippen molar-refractivity contribution in [3.8, 4) is 5.69 Å². The van der Waals surface area contributed by atoms with Crippen molar-refractivity contribution in [2.24, 2.45) is 0 Å². The van der Waals surface area contributed by atoms with Crippen LogP contribution in [0.3, 0.4) is 0 Å². The van der Waals surface area contributed by atoms with Gasteiger partial charge >= 0.3 is 261 Å². The van der Waals surface area contributed by atoms with Gasteiger partial charge in [-0.2, -0.15) is 0 Å². The van der Waals surface area contributed by atoms with E-state index in [0.29, 0.717) is 14.5 Å². The minimum Gasteiger partial charge on any atom is -0.0602 e. The van der Waals surface area contributed by atoms with Crippen LogP contribution < -0.4 is 4.90 Å². The Morgan fingerprint density at radius 1 is 0.383 bits per heavy atom. The van der Waals surface area contributed by atoms with Crippen LogP contribution in [0.1, 0.15) is 0 Å². The Morgan fingerprint density at radius 2 is 0.979 bits per heavy atom. The van der Waals surface area contributed by atoms with Gasteiger partial charge in [-0.05, 0) is 0 Å². The van der Waals surface area contributed by atoms with Crippen molar-refractivity contribution in [2.75, 3.05) is 4.90 Å². The standard InChI is InChI=1S/C44H28N2Se/c1-2-13-30(14-3-1)46-40-20-10-8-18-36(40)38-27-31(22-24-41(38)46)45(32-23-25-44-39(28-32)37-19-9-11-21-43(37)47-44)42-26-29-12-4-5-15-33(29)34-16-6-7-17-35(34)42/h1-28H. The minimum atomic E-state index is 0.323. The van der Waals surface area contributed by atoms with Gasteiger partial charge in [0.05, 0.1) is 0 Å². The van der Waals surface area contributed by atoms with Gasteiger partial charge in [0.25, 0.3) is 0 Å². The summed E-state index contributed by atoms with van der Waals surface area (Å²) in [6.45, 7) is 0. The van der Waals surface area contributed by atoms with E-state index in [0.717, 1.165) is 5.69 Å². The summed E-state index contributed by atoms with van der Waals surface area (Å²) in [7, 11) is 0. The number of benzene rings is 8. The molecular formula is C44H28N2Se. The zero-order valence-electron chi connectivity index (χ0n) is 25.5. The number of rotatable bonds is 4. The molecule has 0 fully saturated rings. The smallest absolute Gasteiger partial charge is 0.0602 e. The Labute approximate surface area is 278 Å². The van der Waals surface area contributed by atoms with Gasteiger partial charge in [0.2, 0.25) is 0 Å². The van der Waals surface area contributed by atoms with E-state index in [2.05, 4.69) is 179 Å². The third-order valence-electron chi connectivity index (χ3n) is 9.53. The maximum atomic E-state index is 2.48. The zero-order chi connectivity index (χ0) is 30.9. The fraction of sp³-hybridized carbons (Fsp3) is 0. The van der Waals surface area contributed by atoms with Crippen LogP contribution in [-0.2, 0) is 0 Å². The first-order valence-electron chi connectivity index (χ1n) is 16.0. The van der Waals surface area contributed by atoms with E-state index in [1.807, 2.05) is 0 Å². The molecule has 0 aliphatic rings. The van der Waals surface area contributed by atoms with Gasteiger partial charge in [0.15, 0.2) is 0 Å². The molecule has 0 radical (unpaired) electrons. The number of hydrogen-bond acceptors (Lipinski definition) is 1. The topological polar surface area (TPSA) is 8.17 Å². The normalized spacial score (nSPS) is 11.8. The zero-order valence-corrected chi connectivity index (χ0v) is 27.2. The number of nitrogens with zero attached hydrogens (tertiary/aromatic N) is 2. The van der Waals surface area contributed by atoms with Gasteiger partial charge in [-0.1, -0.05) is 18.2 Å². The average molecular weight is 664 g/mol. The molecule has 0 bridgehead atoms. The molecule has 0 unspecified atom stereocenters. The second-order valence-corrected chi connectivity index (χ2v) is 14.4. The van der Waals surface area contributed by atoms with E-state index in [9.17, 15) is 0 Å². The van der Waals surface area contributed by atoms with Crippen molar-refractivity contribution < 1.29 is 0 Å². The second kappa shape index (κ2) is 10.5. The summed E-state index contributed by atoms with van der Waals surface area (Å²) in [5, 5.41) is 10.2. The van der Waals surface area contributed by atoms with Crippen molar-refractivity contribution in [1.82, 2.24) is 4.57 Å². The van der Waals surface area contributed by atoms with Crippen LogP contribution in [0.2, 0.25) is 0 Å². The van der Waals surface area contributed by atoms with Crippen LogP contribution in [0.4, 0.5) is 17.1 Å². The Bertz CT molecular complexity index is 2810. The molecule has 220 valence electrons. The summed E-state index contributed by atoms with van der Waals surface area (Å²) in [6.07, 6.45) is 0. The monoisotopic (exact) mass is 664 g/mol. The molecule has 47 heavy (non-hydrogen) atoms. The van der Waals surface area contributed by atoms with Gasteiger partial charge < -0.3 is 0 Å². The first kappa shape index (κ1) is 26.6. The Morgan fingerprint density at radius 3 is 1.83 bits per heavy atom. The van der Waals surface area contributed by atoms with Crippen molar-refractivity contribution in [3.05, 3.63) is 170 Å². The fourth-order valence-electron chi connectivity index (χ4n) is 7.46. The number of para-hydroxylation sites is 2. The quantitative estimate of drug-likeness (QED) is 0.134. The number of anilines is 3. The molecule has 0 saturated carbocycles. The summed E-state index contributed by atoms with van der Waals surface area (Å²) in [6, 6.07) is 62.5. The molecule has 0 aliphatic heterocycles. The Kier molecular flexibility index (Phi) is 5.92. The molecule has 0 N–H and O–H groups in total. The molecule has 2 aromatic heterocycles. The first-order chi connectivity index (χ1) is 23.3. The third-order valence-corrected chi connectivity index (χ3v) is 12.0. The molecule has 0 aliphatic carbocycles. The Balaban J connectivity index is 1.29. The van der Waals surface area contributed by atoms with Gasteiger partial charge in [-0.25, -0.2) is 0 Å². The minimum absolute atomic E-state index is 0.323. The van der Waals surface area contributed by atoms with Crippen molar-refractivity contribution >= 4 is 94.2 Å². The van der Waals surface area contributed by atoms with E-state index < -0.39 is 0 Å². The van der Waals surface area contributed by atoms with Gasteiger partial charge in [0, 0.05) is 0 Å². The summed E-state index contributed by atoms with van der Waals surface area (Å²) in [4.78, 5) is 2.48. The third kappa shape index (κ3) is 4.11. The van der Waals surface area contributed by atoms with Crippen LogP contribution in [0, 0.1) is 0 Å². The molecule has 8 aromatic carbocycles. The van der Waals surface area contributed by atoms with Gasteiger partial charge in [0.1, 0.15) is 0 Å². The molecule has 0 atom stereocenters. The van der Waals surface area contributed by atoms with Crippen LogP contribution in [0.15, 0.2) is 170 Å². The average Bonchev–Trinajstić information content (AvgIpc) is 3.67. The van der Waals surface area contributed by atoms with Crippen molar-refractivity contribution in [3.63, 3.8) is 0 Å². The molecule has 2 nitrogen and oxygen atoms in total. The molecule has 0 spiro atoms. The van der Waals surface area contributed by atoms with E-state index >= 15 is 0 Å². The molecule has 0 saturated heterocycles. The van der Waals surface area contributed by atoms with Crippen LogP contribution >= 0.6 is 0 Å². The molecule has 10 rings (SSSR count). The summed E-state index contributed by atoms with van der Waals surface area (Å²) < 4.78 is 5.30. The van der Waals surface area contributed by atoms with Crippen LogP contribution in [0.25, 0.3) is 68.3 Å². The maximum absolute atomic E-state index is 2.48. The molecule has 2 heterocycles. The number of hydrogen-bond donors (Lipinski definition) is 0. The number of aromatic nitrogens is 1. The van der Waals surface area contributed by atoms with Crippen LogP contribution in [0.5, 0.6) is 0 Å². The van der Waals surface area contributed by atoms with E-state index in [1.54, 1.807) is 0 Å². The molecule has 3 heteroatoms. The fourth-order valence-corrected chi connectivity index (χ4v) is 9.73.